The Morgan fingerprint density at radius 2 is 2.18 bits per heavy atom. The van der Waals surface area contributed by atoms with Crippen molar-refractivity contribution in [2.24, 2.45) is 5.92 Å². The highest BCUT2D eigenvalue weighted by molar-refractivity contribution is 5.73. The van der Waals surface area contributed by atoms with E-state index in [-0.39, 0.29) is 5.92 Å². The van der Waals surface area contributed by atoms with Crippen LogP contribution in [0, 0.1) is 5.92 Å². The first-order chi connectivity index (χ1) is 5.13. The molecule has 0 amide bonds. The van der Waals surface area contributed by atoms with Crippen LogP contribution in [0.4, 0.5) is 0 Å². The number of hydrogen-bond acceptors (Lipinski definition) is 1. The molecule has 1 atom stereocenters. The predicted molar refractivity (Wildman–Crippen MR) is 43.4 cm³/mol. The van der Waals surface area contributed by atoms with Crippen molar-refractivity contribution >= 4 is 5.97 Å². The molecule has 1 aliphatic rings. The van der Waals surface area contributed by atoms with Crippen LogP contribution in [0.1, 0.15) is 33.1 Å². The lowest BCUT2D eigenvalue weighted by Crippen LogP contribution is -2.11. The van der Waals surface area contributed by atoms with Gasteiger partial charge in [-0.1, -0.05) is 11.1 Å². The van der Waals surface area contributed by atoms with Gasteiger partial charge in [0.2, 0.25) is 0 Å². The number of carbonyl (C=O) groups is 1. The molecule has 0 aromatic heterocycles. The fraction of sp³-hybridized carbons (Fsp3) is 0.667. The van der Waals surface area contributed by atoms with E-state index < -0.39 is 5.97 Å². The molecule has 2 heteroatoms. The van der Waals surface area contributed by atoms with Crippen LogP contribution >= 0.6 is 0 Å². The standard InChI is InChI=1S/C9H14O2/c1-6-4-3-5-8(6)7(2)9(10)11/h7H,3-5H2,1-2H3,(H,10,11). The van der Waals surface area contributed by atoms with Crippen molar-refractivity contribution in [1.82, 2.24) is 0 Å². The van der Waals surface area contributed by atoms with Gasteiger partial charge in [-0.25, -0.2) is 0 Å². The zero-order valence-electron chi connectivity index (χ0n) is 7.05. The van der Waals surface area contributed by atoms with E-state index in [0.29, 0.717) is 0 Å². The highest BCUT2D eigenvalue weighted by Crippen LogP contribution is 2.30. The molecular formula is C9H14O2. The van der Waals surface area contributed by atoms with Gasteiger partial charge >= 0.3 is 5.97 Å². The van der Waals surface area contributed by atoms with Gasteiger partial charge in [0.15, 0.2) is 0 Å². The first-order valence-corrected chi connectivity index (χ1v) is 4.04. The minimum atomic E-state index is -0.693. The first kappa shape index (κ1) is 8.31. The van der Waals surface area contributed by atoms with Crippen molar-refractivity contribution < 1.29 is 9.90 Å². The van der Waals surface area contributed by atoms with Crippen molar-refractivity contribution in [3.05, 3.63) is 11.1 Å². The van der Waals surface area contributed by atoms with Gasteiger partial charge in [0.1, 0.15) is 0 Å². The van der Waals surface area contributed by atoms with E-state index in [1.165, 1.54) is 5.57 Å². The Kier molecular flexibility index (Phi) is 2.32. The Labute approximate surface area is 66.9 Å². The second-order valence-corrected chi connectivity index (χ2v) is 3.22. The molecule has 2 nitrogen and oxygen atoms in total. The number of carboxylic acid groups (broad SMARTS) is 1. The number of hydrogen-bond donors (Lipinski definition) is 1. The molecular weight excluding hydrogens is 140 g/mol. The third kappa shape index (κ3) is 1.62. The smallest absolute Gasteiger partial charge is 0.310 e. The van der Waals surface area contributed by atoms with Crippen LogP contribution in [0.15, 0.2) is 11.1 Å². The first-order valence-electron chi connectivity index (χ1n) is 4.04. The maximum absolute atomic E-state index is 10.6. The topological polar surface area (TPSA) is 37.3 Å². The highest BCUT2D eigenvalue weighted by Gasteiger charge is 2.21. The molecule has 0 aliphatic heterocycles. The summed E-state index contributed by atoms with van der Waals surface area (Å²) in [4.78, 5) is 10.6. The third-order valence-corrected chi connectivity index (χ3v) is 2.44. The molecule has 1 N–H and O–H groups in total. The van der Waals surface area contributed by atoms with Crippen molar-refractivity contribution in [3.8, 4) is 0 Å². The van der Waals surface area contributed by atoms with E-state index in [4.69, 9.17) is 5.11 Å². The molecule has 0 saturated carbocycles. The van der Waals surface area contributed by atoms with Gasteiger partial charge in [-0.05, 0) is 33.1 Å². The number of rotatable bonds is 2. The summed E-state index contributed by atoms with van der Waals surface area (Å²) in [7, 11) is 0. The quantitative estimate of drug-likeness (QED) is 0.619. The molecule has 11 heavy (non-hydrogen) atoms. The van der Waals surface area contributed by atoms with Gasteiger partial charge in [-0.3, -0.25) is 4.79 Å². The molecule has 0 radical (unpaired) electrons. The summed E-state index contributed by atoms with van der Waals surface area (Å²) in [6, 6.07) is 0. The van der Waals surface area contributed by atoms with Crippen LogP contribution in [-0.4, -0.2) is 11.1 Å². The van der Waals surface area contributed by atoms with E-state index in [2.05, 4.69) is 0 Å². The summed E-state index contributed by atoms with van der Waals surface area (Å²) in [6.45, 7) is 3.81. The molecule has 1 rings (SSSR count). The summed E-state index contributed by atoms with van der Waals surface area (Å²) in [6.07, 6.45) is 3.21. The largest absolute Gasteiger partial charge is 0.481 e. The third-order valence-electron chi connectivity index (χ3n) is 2.44. The monoisotopic (exact) mass is 154 g/mol. The van der Waals surface area contributed by atoms with Gasteiger partial charge < -0.3 is 5.11 Å². The number of aliphatic carboxylic acids is 1. The Hall–Kier alpha value is -0.790. The molecule has 0 aromatic rings. The average Bonchev–Trinajstić information content (AvgIpc) is 2.33. The molecule has 1 unspecified atom stereocenters. The highest BCUT2D eigenvalue weighted by atomic mass is 16.4. The zero-order chi connectivity index (χ0) is 8.43. The summed E-state index contributed by atoms with van der Waals surface area (Å²) in [5.74, 6) is -0.959. The Morgan fingerprint density at radius 3 is 2.55 bits per heavy atom. The molecule has 0 saturated heterocycles. The summed E-state index contributed by atoms with van der Waals surface area (Å²) in [5.41, 5.74) is 2.44. The minimum Gasteiger partial charge on any atom is -0.481 e. The van der Waals surface area contributed by atoms with Crippen molar-refractivity contribution in [1.29, 1.82) is 0 Å². The lowest BCUT2D eigenvalue weighted by Gasteiger charge is -2.08. The van der Waals surface area contributed by atoms with Crippen LogP contribution in [0.25, 0.3) is 0 Å². The SMILES string of the molecule is CC1=C(C(C)C(=O)O)CCC1. The average molecular weight is 154 g/mol. The fourth-order valence-corrected chi connectivity index (χ4v) is 1.65. The van der Waals surface area contributed by atoms with Crippen LogP contribution in [-0.2, 0) is 4.79 Å². The maximum Gasteiger partial charge on any atom is 0.310 e. The summed E-state index contributed by atoms with van der Waals surface area (Å²) < 4.78 is 0. The number of carboxylic acids is 1. The predicted octanol–water partition coefficient (Wildman–Crippen LogP) is 2.21. The normalized spacial score (nSPS) is 20.5. The maximum atomic E-state index is 10.6. The molecule has 0 spiro atoms. The zero-order valence-corrected chi connectivity index (χ0v) is 7.05. The second kappa shape index (κ2) is 3.07. The van der Waals surface area contributed by atoms with Crippen LogP contribution in [0.5, 0.6) is 0 Å². The van der Waals surface area contributed by atoms with Gasteiger partial charge in [0.05, 0.1) is 5.92 Å². The lowest BCUT2D eigenvalue weighted by atomic mass is 9.98. The molecule has 1 aliphatic carbocycles. The molecule has 62 valence electrons. The molecule has 0 aromatic carbocycles. The van der Waals surface area contributed by atoms with Crippen LogP contribution in [0.2, 0.25) is 0 Å². The van der Waals surface area contributed by atoms with Gasteiger partial charge in [-0.2, -0.15) is 0 Å². The van der Waals surface area contributed by atoms with Crippen molar-refractivity contribution in [3.63, 3.8) is 0 Å². The Balaban J connectivity index is 2.73. The Morgan fingerprint density at radius 1 is 1.55 bits per heavy atom. The molecule has 0 bridgehead atoms. The van der Waals surface area contributed by atoms with Crippen LogP contribution in [0.3, 0.4) is 0 Å². The van der Waals surface area contributed by atoms with E-state index >= 15 is 0 Å². The van der Waals surface area contributed by atoms with Crippen LogP contribution < -0.4 is 0 Å². The fourth-order valence-electron chi connectivity index (χ4n) is 1.65. The van der Waals surface area contributed by atoms with Gasteiger partial charge in [0, 0.05) is 0 Å². The molecule has 0 fully saturated rings. The van der Waals surface area contributed by atoms with Gasteiger partial charge in [0.25, 0.3) is 0 Å². The van der Waals surface area contributed by atoms with Gasteiger partial charge in [-0.15, -0.1) is 0 Å². The Bertz CT molecular complexity index is 204. The van der Waals surface area contributed by atoms with Crippen molar-refractivity contribution in [2.75, 3.05) is 0 Å². The lowest BCUT2D eigenvalue weighted by molar-refractivity contribution is -0.139. The number of allylic oxidation sites excluding steroid dienone is 1. The van der Waals surface area contributed by atoms with E-state index in [0.717, 1.165) is 24.8 Å². The minimum absolute atomic E-state index is 0.266. The summed E-state index contributed by atoms with van der Waals surface area (Å²) in [5, 5.41) is 8.73. The second-order valence-electron chi connectivity index (χ2n) is 3.22. The van der Waals surface area contributed by atoms with E-state index in [1.807, 2.05) is 6.92 Å². The van der Waals surface area contributed by atoms with Crippen molar-refractivity contribution in [2.45, 2.75) is 33.1 Å². The van der Waals surface area contributed by atoms with E-state index in [1.54, 1.807) is 6.92 Å². The molecule has 0 heterocycles. The van der Waals surface area contributed by atoms with E-state index in [9.17, 15) is 4.79 Å². The summed E-state index contributed by atoms with van der Waals surface area (Å²) >= 11 is 0.